The van der Waals surface area contributed by atoms with E-state index in [1.165, 1.54) is 6.92 Å². The van der Waals surface area contributed by atoms with Crippen LogP contribution in [0.3, 0.4) is 0 Å². The molecule has 0 amide bonds. The molecule has 0 aromatic rings. The number of esters is 2. The molecule has 0 N–H and O–H groups in total. The molecule has 3 rings (SSSR count). The number of ether oxygens (including phenoxy) is 2. The Hall–Kier alpha value is -1.53. The van der Waals surface area contributed by atoms with Crippen LogP contribution in [0, 0.1) is 35.5 Å². The van der Waals surface area contributed by atoms with Crippen LogP contribution in [0.5, 0.6) is 0 Å². The molecule has 7 atom stereocenters. The Bertz CT molecular complexity index is 624. The highest BCUT2D eigenvalue weighted by atomic mass is 19.3. The van der Waals surface area contributed by atoms with Gasteiger partial charge in [0.1, 0.15) is 11.9 Å². The standard InChI is InChI=1S/C20H28F2O5/c1-9-13-8-14(17(9)27-18(24)12-6-5-7-12)16(15(13)10(2)23)19(25)26-11(3)20(4,21)22/h9,11-17H,5-8H2,1-4H3. The Morgan fingerprint density at radius 2 is 1.70 bits per heavy atom. The number of hydrogen-bond donors (Lipinski definition) is 0. The Morgan fingerprint density at radius 1 is 1.07 bits per heavy atom. The predicted octanol–water partition coefficient (Wildman–Crippen LogP) is 3.39. The van der Waals surface area contributed by atoms with Gasteiger partial charge in [0, 0.05) is 18.8 Å². The molecule has 2 bridgehead atoms. The van der Waals surface area contributed by atoms with Crippen molar-refractivity contribution in [2.75, 3.05) is 0 Å². The normalized spacial score (nSPS) is 36.8. The van der Waals surface area contributed by atoms with Gasteiger partial charge in [-0.3, -0.25) is 14.4 Å². The number of rotatable bonds is 6. The molecule has 0 heterocycles. The van der Waals surface area contributed by atoms with Gasteiger partial charge in [-0.05, 0) is 44.9 Å². The largest absolute Gasteiger partial charge is 0.462 e. The Morgan fingerprint density at radius 3 is 2.19 bits per heavy atom. The number of carbonyl (C=O) groups excluding carboxylic acids is 3. The van der Waals surface area contributed by atoms with Crippen LogP contribution >= 0.6 is 0 Å². The highest BCUT2D eigenvalue weighted by Gasteiger charge is 2.62. The zero-order chi connectivity index (χ0) is 20.1. The van der Waals surface area contributed by atoms with Gasteiger partial charge < -0.3 is 9.47 Å². The first-order chi connectivity index (χ1) is 12.5. The van der Waals surface area contributed by atoms with E-state index in [1.54, 1.807) is 0 Å². The van der Waals surface area contributed by atoms with Crippen molar-refractivity contribution in [3.05, 3.63) is 0 Å². The number of alkyl halides is 2. The molecular weight excluding hydrogens is 358 g/mol. The summed E-state index contributed by atoms with van der Waals surface area (Å²) in [6, 6.07) is 0. The number of ketones is 1. The third-order valence-corrected chi connectivity index (χ3v) is 6.91. The molecular formula is C20H28F2O5. The smallest absolute Gasteiger partial charge is 0.310 e. The molecule has 0 aromatic heterocycles. The summed E-state index contributed by atoms with van der Waals surface area (Å²) in [6.07, 6.45) is 1.18. The lowest BCUT2D eigenvalue weighted by atomic mass is 9.71. The van der Waals surface area contributed by atoms with Crippen molar-refractivity contribution in [2.45, 2.75) is 71.5 Å². The summed E-state index contributed by atoms with van der Waals surface area (Å²) in [5.74, 6) is -6.29. The summed E-state index contributed by atoms with van der Waals surface area (Å²) in [5, 5.41) is 0. The van der Waals surface area contributed by atoms with Gasteiger partial charge in [0.15, 0.2) is 6.10 Å². The van der Waals surface area contributed by atoms with E-state index in [1.807, 2.05) is 6.92 Å². The fourth-order valence-corrected chi connectivity index (χ4v) is 4.95. The van der Waals surface area contributed by atoms with Crippen molar-refractivity contribution in [3.8, 4) is 0 Å². The zero-order valence-corrected chi connectivity index (χ0v) is 16.2. The Kier molecular flexibility index (Phi) is 5.34. The van der Waals surface area contributed by atoms with Crippen molar-refractivity contribution in [2.24, 2.45) is 35.5 Å². The quantitative estimate of drug-likeness (QED) is 0.655. The number of hydrogen-bond acceptors (Lipinski definition) is 5. The zero-order valence-electron chi connectivity index (χ0n) is 16.2. The second kappa shape index (κ2) is 7.13. The summed E-state index contributed by atoms with van der Waals surface area (Å²) in [5.41, 5.74) is 0. The third-order valence-electron chi connectivity index (χ3n) is 6.91. The van der Waals surface area contributed by atoms with Gasteiger partial charge in [0.05, 0.1) is 11.8 Å². The summed E-state index contributed by atoms with van der Waals surface area (Å²) >= 11 is 0. The second-order valence-electron chi connectivity index (χ2n) is 8.65. The molecule has 5 nitrogen and oxygen atoms in total. The van der Waals surface area contributed by atoms with Crippen molar-refractivity contribution >= 4 is 17.7 Å². The van der Waals surface area contributed by atoms with Crippen LogP contribution in [0.15, 0.2) is 0 Å². The maximum atomic E-state index is 13.4. The molecule has 0 aromatic carbocycles. The molecule has 152 valence electrons. The third kappa shape index (κ3) is 3.61. The van der Waals surface area contributed by atoms with E-state index in [-0.39, 0.29) is 35.4 Å². The predicted molar refractivity (Wildman–Crippen MR) is 91.8 cm³/mol. The molecule has 0 saturated heterocycles. The monoisotopic (exact) mass is 386 g/mol. The molecule has 0 aliphatic heterocycles. The van der Waals surface area contributed by atoms with Crippen LogP contribution in [0.4, 0.5) is 8.78 Å². The van der Waals surface area contributed by atoms with Crippen LogP contribution in [0.2, 0.25) is 0 Å². The molecule has 0 spiro atoms. The molecule has 3 fully saturated rings. The summed E-state index contributed by atoms with van der Waals surface area (Å²) in [4.78, 5) is 37.2. The van der Waals surface area contributed by atoms with E-state index in [4.69, 9.17) is 9.47 Å². The molecule has 3 aliphatic carbocycles. The number of carbonyl (C=O) groups is 3. The van der Waals surface area contributed by atoms with E-state index in [9.17, 15) is 23.2 Å². The lowest BCUT2D eigenvalue weighted by Gasteiger charge is -2.38. The topological polar surface area (TPSA) is 69.7 Å². The minimum Gasteiger partial charge on any atom is -0.462 e. The van der Waals surface area contributed by atoms with E-state index in [0.717, 1.165) is 26.2 Å². The minimum absolute atomic E-state index is 0.0398. The van der Waals surface area contributed by atoms with Gasteiger partial charge in [-0.2, -0.15) is 0 Å². The molecule has 7 unspecified atom stereocenters. The highest BCUT2D eigenvalue weighted by molar-refractivity contribution is 5.87. The van der Waals surface area contributed by atoms with Crippen LogP contribution < -0.4 is 0 Å². The number of halogens is 2. The van der Waals surface area contributed by atoms with Crippen LogP contribution in [0.25, 0.3) is 0 Å². The molecule has 27 heavy (non-hydrogen) atoms. The summed E-state index contributed by atoms with van der Waals surface area (Å²) in [7, 11) is 0. The van der Waals surface area contributed by atoms with Gasteiger partial charge in [-0.15, -0.1) is 0 Å². The first-order valence-electron chi connectivity index (χ1n) is 9.81. The van der Waals surface area contributed by atoms with Gasteiger partial charge in [0.25, 0.3) is 5.92 Å². The SMILES string of the molecule is CC(=O)C1C2CC(C(OC(=O)C3CCC3)C2C)C1C(=O)OC(C)C(C)(F)F. The first kappa shape index (κ1) is 20.2. The summed E-state index contributed by atoms with van der Waals surface area (Å²) in [6.45, 7) is 5.19. The number of Topliss-reactive ketones (excluding diaryl/α,β-unsaturated/α-hetero) is 1. The maximum Gasteiger partial charge on any atom is 0.310 e. The van der Waals surface area contributed by atoms with Gasteiger partial charge in [-0.1, -0.05) is 13.3 Å². The van der Waals surface area contributed by atoms with E-state index < -0.39 is 35.9 Å². The molecule has 3 aliphatic rings. The van der Waals surface area contributed by atoms with Crippen molar-refractivity contribution in [1.29, 1.82) is 0 Å². The fraction of sp³-hybridized carbons (Fsp3) is 0.850. The Balaban J connectivity index is 1.77. The van der Waals surface area contributed by atoms with Crippen LogP contribution in [-0.4, -0.2) is 35.9 Å². The highest BCUT2D eigenvalue weighted by Crippen LogP contribution is 2.57. The van der Waals surface area contributed by atoms with Crippen molar-refractivity contribution in [1.82, 2.24) is 0 Å². The average Bonchev–Trinajstić information content (AvgIpc) is 3.01. The average molecular weight is 386 g/mol. The lowest BCUT2D eigenvalue weighted by molar-refractivity contribution is -0.183. The lowest BCUT2D eigenvalue weighted by Crippen LogP contribution is -2.47. The van der Waals surface area contributed by atoms with Crippen LogP contribution in [-0.2, 0) is 23.9 Å². The van der Waals surface area contributed by atoms with Crippen molar-refractivity contribution in [3.63, 3.8) is 0 Å². The van der Waals surface area contributed by atoms with Crippen LogP contribution in [0.1, 0.15) is 53.4 Å². The Labute approximate surface area is 158 Å². The van der Waals surface area contributed by atoms with Crippen molar-refractivity contribution < 1.29 is 32.6 Å². The molecule has 7 heteroatoms. The summed E-state index contributed by atoms with van der Waals surface area (Å²) < 4.78 is 37.6. The van der Waals surface area contributed by atoms with Gasteiger partial charge in [-0.25, -0.2) is 8.78 Å². The number of fused-ring (bicyclic) bond motifs is 2. The minimum atomic E-state index is -3.16. The molecule has 3 saturated carbocycles. The van der Waals surface area contributed by atoms with Gasteiger partial charge >= 0.3 is 11.9 Å². The molecule has 0 radical (unpaired) electrons. The first-order valence-corrected chi connectivity index (χ1v) is 9.81. The second-order valence-corrected chi connectivity index (χ2v) is 8.65. The fourth-order valence-electron chi connectivity index (χ4n) is 4.95. The van der Waals surface area contributed by atoms with Gasteiger partial charge in [0.2, 0.25) is 0 Å². The van der Waals surface area contributed by atoms with E-state index in [2.05, 4.69) is 0 Å². The van der Waals surface area contributed by atoms with E-state index >= 15 is 0 Å². The maximum absolute atomic E-state index is 13.4. The van der Waals surface area contributed by atoms with E-state index in [0.29, 0.717) is 13.3 Å².